The number of carbonyl (C=O) groups is 2. The first kappa shape index (κ1) is 16.0. The maximum Gasteiger partial charge on any atom is 0.253 e. The third-order valence-corrected chi connectivity index (χ3v) is 4.46. The summed E-state index contributed by atoms with van der Waals surface area (Å²) in [5, 5.41) is 13.3. The van der Waals surface area contributed by atoms with Crippen LogP contribution in [0, 0.1) is 0 Å². The first-order valence-electron chi connectivity index (χ1n) is 7.95. The molecule has 2 N–H and O–H groups in total. The highest BCUT2D eigenvalue weighted by Gasteiger charge is 2.40. The number of hydrogen-bond acceptors (Lipinski definition) is 3. The molecular weight excluding hydrogens is 268 g/mol. The molecule has 5 nitrogen and oxygen atoms in total. The lowest BCUT2D eigenvalue weighted by Gasteiger charge is -2.37. The molecule has 2 aliphatic rings. The van der Waals surface area contributed by atoms with E-state index >= 15 is 0 Å². The molecule has 0 unspecified atom stereocenters. The molecule has 1 fully saturated rings. The van der Waals surface area contributed by atoms with Crippen molar-refractivity contribution in [2.75, 3.05) is 19.6 Å². The molecule has 5 heteroatoms. The number of likely N-dealkylation sites (tertiary alicyclic amines) is 1. The Labute approximate surface area is 126 Å². The molecule has 1 heterocycles. The van der Waals surface area contributed by atoms with E-state index in [9.17, 15) is 14.7 Å². The molecule has 0 saturated carbocycles. The smallest absolute Gasteiger partial charge is 0.253 e. The van der Waals surface area contributed by atoms with Gasteiger partial charge in [0.25, 0.3) is 5.91 Å². The number of hydrogen-bond donors (Lipinski definition) is 2. The summed E-state index contributed by atoms with van der Waals surface area (Å²) >= 11 is 0. The molecule has 0 bridgehead atoms. The van der Waals surface area contributed by atoms with Crippen molar-refractivity contribution in [3.63, 3.8) is 0 Å². The lowest BCUT2D eigenvalue weighted by Crippen LogP contribution is -2.58. The minimum absolute atomic E-state index is 0.0895. The molecule has 2 rings (SSSR count). The van der Waals surface area contributed by atoms with Crippen LogP contribution in [0.25, 0.3) is 0 Å². The van der Waals surface area contributed by atoms with Crippen molar-refractivity contribution in [3.05, 3.63) is 11.6 Å². The number of carbonyl (C=O) groups excluding carboxylic acids is 2. The topological polar surface area (TPSA) is 69.6 Å². The Balaban J connectivity index is 1.81. The van der Waals surface area contributed by atoms with Gasteiger partial charge in [0.1, 0.15) is 0 Å². The molecule has 0 aromatic rings. The second-order valence-electron chi connectivity index (χ2n) is 6.19. The summed E-state index contributed by atoms with van der Waals surface area (Å²) < 4.78 is 0. The van der Waals surface area contributed by atoms with Crippen molar-refractivity contribution in [2.24, 2.45) is 0 Å². The Bertz CT molecular complexity index is 433. The van der Waals surface area contributed by atoms with Gasteiger partial charge in [0, 0.05) is 20.0 Å². The summed E-state index contributed by atoms with van der Waals surface area (Å²) in [6.45, 7) is 2.76. The van der Waals surface area contributed by atoms with Crippen LogP contribution in [0.3, 0.4) is 0 Å². The summed E-state index contributed by atoms with van der Waals surface area (Å²) in [4.78, 5) is 25.2. The van der Waals surface area contributed by atoms with E-state index in [0.717, 1.165) is 19.3 Å². The van der Waals surface area contributed by atoms with Gasteiger partial charge in [-0.1, -0.05) is 11.6 Å². The van der Waals surface area contributed by atoms with E-state index in [-0.39, 0.29) is 18.4 Å². The van der Waals surface area contributed by atoms with Crippen molar-refractivity contribution < 1.29 is 14.7 Å². The molecule has 21 heavy (non-hydrogen) atoms. The van der Waals surface area contributed by atoms with Crippen LogP contribution in [0.5, 0.6) is 0 Å². The Kier molecular flexibility index (Phi) is 5.39. The highest BCUT2D eigenvalue weighted by Crippen LogP contribution is 2.22. The van der Waals surface area contributed by atoms with Crippen LogP contribution < -0.4 is 5.32 Å². The number of allylic oxidation sites excluding steroid dienone is 1. The predicted octanol–water partition coefficient (Wildman–Crippen LogP) is 1.37. The fraction of sp³-hybridized carbons (Fsp3) is 0.750. The Hall–Kier alpha value is -1.36. The van der Waals surface area contributed by atoms with Gasteiger partial charge < -0.3 is 15.3 Å². The minimum atomic E-state index is -1.43. The zero-order valence-electron chi connectivity index (χ0n) is 12.9. The standard InChI is InChI=1S/C16H26N2O3/c1-13(19)18-11-5-9-16(21,12-18)15(20)17-10-8-14-6-3-2-4-7-14/h6,21H,2-5,7-12H2,1H3,(H,17,20)/t16-/m1/s1. The molecule has 0 spiro atoms. The summed E-state index contributed by atoms with van der Waals surface area (Å²) in [6.07, 6.45) is 8.97. The molecule has 0 radical (unpaired) electrons. The third kappa shape index (κ3) is 4.30. The fourth-order valence-corrected chi connectivity index (χ4v) is 3.12. The van der Waals surface area contributed by atoms with E-state index in [2.05, 4.69) is 11.4 Å². The lowest BCUT2D eigenvalue weighted by molar-refractivity contribution is -0.150. The fourth-order valence-electron chi connectivity index (χ4n) is 3.12. The first-order valence-corrected chi connectivity index (χ1v) is 7.95. The number of amides is 2. The average Bonchev–Trinajstić information content (AvgIpc) is 2.48. The zero-order valence-corrected chi connectivity index (χ0v) is 12.9. The normalized spacial score (nSPS) is 26.2. The first-order chi connectivity index (χ1) is 10.0. The van der Waals surface area contributed by atoms with Crippen LogP contribution in [0.2, 0.25) is 0 Å². The van der Waals surface area contributed by atoms with Crippen LogP contribution in [-0.2, 0) is 9.59 Å². The molecule has 1 aliphatic carbocycles. The summed E-state index contributed by atoms with van der Waals surface area (Å²) in [7, 11) is 0. The van der Waals surface area contributed by atoms with E-state index in [0.29, 0.717) is 25.9 Å². The Morgan fingerprint density at radius 2 is 2.19 bits per heavy atom. The molecule has 0 aromatic heterocycles. The van der Waals surface area contributed by atoms with Gasteiger partial charge in [-0.2, -0.15) is 0 Å². The molecule has 2 amide bonds. The number of nitrogens with zero attached hydrogens (tertiary/aromatic N) is 1. The average molecular weight is 294 g/mol. The van der Waals surface area contributed by atoms with Crippen molar-refractivity contribution in [1.82, 2.24) is 10.2 Å². The van der Waals surface area contributed by atoms with Crippen LogP contribution in [-0.4, -0.2) is 47.1 Å². The molecule has 0 aromatic carbocycles. The second kappa shape index (κ2) is 7.07. The molecule has 1 saturated heterocycles. The van der Waals surface area contributed by atoms with Gasteiger partial charge in [-0.05, 0) is 44.9 Å². The number of β-amino-alcohol motifs (C(OH)–C–C–N with tert-alkyl or cyclic N) is 1. The number of nitrogens with one attached hydrogen (secondary N) is 1. The van der Waals surface area contributed by atoms with Crippen LogP contribution >= 0.6 is 0 Å². The largest absolute Gasteiger partial charge is 0.378 e. The number of rotatable bonds is 4. The van der Waals surface area contributed by atoms with Crippen LogP contribution in [0.15, 0.2) is 11.6 Å². The molecule has 118 valence electrons. The molecule has 1 atom stereocenters. The highest BCUT2D eigenvalue weighted by atomic mass is 16.3. The van der Waals surface area contributed by atoms with Crippen LogP contribution in [0.1, 0.15) is 51.9 Å². The van der Waals surface area contributed by atoms with E-state index in [1.54, 1.807) is 4.90 Å². The van der Waals surface area contributed by atoms with Gasteiger partial charge in [0.2, 0.25) is 5.91 Å². The third-order valence-electron chi connectivity index (χ3n) is 4.46. The summed E-state index contributed by atoms with van der Waals surface area (Å²) in [6, 6.07) is 0. The minimum Gasteiger partial charge on any atom is -0.378 e. The van der Waals surface area contributed by atoms with Crippen LogP contribution in [0.4, 0.5) is 0 Å². The maximum absolute atomic E-state index is 12.2. The van der Waals surface area contributed by atoms with E-state index < -0.39 is 5.60 Å². The Morgan fingerprint density at radius 3 is 2.86 bits per heavy atom. The van der Waals surface area contributed by atoms with E-state index in [1.165, 1.54) is 25.3 Å². The monoisotopic (exact) mass is 294 g/mol. The van der Waals surface area contributed by atoms with E-state index in [4.69, 9.17) is 0 Å². The molecular formula is C16H26N2O3. The summed E-state index contributed by atoms with van der Waals surface area (Å²) in [5.41, 5.74) is -0.0206. The lowest BCUT2D eigenvalue weighted by atomic mass is 9.91. The second-order valence-corrected chi connectivity index (χ2v) is 6.19. The van der Waals surface area contributed by atoms with E-state index in [1.807, 2.05) is 0 Å². The maximum atomic E-state index is 12.2. The van der Waals surface area contributed by atoms with Gasteiger partial charge in [0.05, 0.1) is 6.54 Å². The van der Waals surface area contributed by atoms with Gasteiger partial charge in [-0.15, -0.1) is 0 Å². The van der Waals surface area contributed by atoms with Crippen molar-refractivity contribution in [1.29, 1.82) is 0 Å². The SMILES string of the molecule is CC(=O)N1CCC[C@](O)(C(=O)NCCC2=CCCCC2)C1. The quantitative estimate of drug-likeness (QED) is 0.769. The summed E-state index contributed by atoms with van der Waals surface area (Å²) in [5.74, 6) is -0.432. The van der Waals surface area contributed by atoms with Gasteiger partial charge in [-0.3, -0.25) is 9.59 Å². The predicted molar refractivity (Wildman–Crippen MR) is 80.6 cm³/mol. The van der Waals surface area contributed by atoms with Crippen molar-refractivity contribution >= 4 is 11.8 Å². The van der Waals surface area contributed by atoms with Crippen molar-refractivity contribution in [3.8, 4) is 0 Å². The van der Waals surface area contributed by atoms with Gasteiger partial charge >= 0.3 is 0 Å². The van der Waals surface area contributed by atoms with Gasteiger partial charge in [0.15, 0.2) is 5.60 Å². The highest BCUT2D eigenvalue weighted by molar-refractivity contribution is 5.86. The molecule has 1 aliphatic heterocycles. The zero-order chi connectivity index (χ0) is 15.3. The number of piperidine rings is 1. The van der Waals surface area contributed by atoms with Crippen molar-refractivity contribution in [2.45, 2.75) is 57.5 Å². The van der Waals surface area contributed by atoms with Gasteiger partial charge in [-0.25, -0.2) is 0 Å². The Morgan fingerprint density at radius 1 is 1.38 bits per heavy atom. The number of aliphatic hydroxyl groups is 1.